The molecule has 2 fully saturated rings. The molecule has 2 aliphatic rings. The van der Waals surface area contributed by atoms with Gasteiger partial charge in [0, 0.05) is 23.2 Å². The van der Waals surface area contributed by atoms with Crippen molar-refractivity contribution in [3.05, 3.63) is 58.0 Å². The second-order valence-electron chi connectivity index (χ2n) is 7.56. The maximum atomic E-state index is 14.3. The number of anilines is 2. The molecular weight excluding hydrogens is 439 g/mol. The molecule has 32 heavy (non-hydrogen) atoms. The molecule has 5 rings (SSSR count). The van der Waals surface area contributed by atoms with E-state index in [1.165, 1.54) is 24.4 Å². The number of hydrogen-bond acceptors (Lipinski definition) is 6. The predicted molar refractivity (Wildman–Crippen MR) is 115 cm³/mol. The minimum atomic E-state index is -0.823. The zero-order valence-electron chi connectivity index (χ0n) is 16.5. The molecule has 1 saturated heterocycles. The number of nitrogens with one attached hydrogen (secondary N) is 3. The van der Waals surface area contributed by atoms with E-state index in [0.717, 1.165) is 12.8 Å². The Balaban J connectivity index is 1.54. The summed E-state index contributed by atoms with van der Waals surface area (Å²) in [7, 11) is 0. The van der Waals surface area contributed by atoms with Crippen LogP contribution in [0, 0.1) is 5.82 Å². The molecule has 1 aromatic carbocycles. The van der Waals surface area contributed by atoms with Gasteiger partial charge in [0.25, 0.3) is 11.8 Å². The third-order valence-corrected chi connectivity index (χ3v) is 5.38. The Kier molecular flexibility index (Phi) is 4.86. The van der Waals surface area contributed by atoms with Crippen LogP contribution >= 0.6 is 11.6 Å². The van der Waals surface area contributed by atoms with Crippen LogP contribution in [-0.4, -0.2) is 38.4 Å². The number of imide groups is 1. The number of hydrogen-bond donors (Lipinski definition) is 3. The first-order valence-electron chi connectivity index (χ1n) is 9.84. The standard InChI is InChI=1S/C21H16ClFN6O3/c22-14-3-1-2-13(18(14)23)21(32)27-15-8-16(25-12-4-5-12)29-19(26-15)11(9-24-29)6-10-7-17(30)28-20(10)31/h1-3,6,8-9,12,25H,4-5,7H2,(H,26,27,32)(H,28,30,31)/b10-6+. The van der Waals surface area contributed by atoms with E-state index < -0.39 is 17.6 Å². The Hall–Kier alpha value is -3.79. The topological polar surface area (TPSA) is 117 Å². The molecule has 1 saturated carbocycles. The quantitative estimate of drug-likeness (QED) is 0.403. The molecule has 3 amide bonds. The van der Waals surface area contributed by atoms with E-state index >= 15 is 0 Å². The van der Waals surface area contributed by atoms with E-state index in [-0.39, 0.29) is 34.8 Å². The summed E-state index contributed by atoms with van der Waals surface area (Å²) in [4.78, 5) is 40.5. The zero-order valence-corrected chi connectivity index (χ0v) is 17.2. The first-order chi connectivity index (χ1) is 15.4. The monoisotopic (exact) mass is 454 g/mol. The average molecular weight is 455 g/mol. The number of amides is 3. The molecule has 1 aliphatic carbocycles. The van der Waals surface area contributed by atoms with Crippen LogP contribution in [0.15, 0.2) is 36.0 Å². The summed E-state index contributed by atoms with van der Waals surface area (Å²) in [5, 5.41) is 12.3. The second-order valence-corrected chi connectivity index (χ2v) is 7.97. The molecule has 1 aliphatic heterocycles. The van der Waals surface area contributed by atoms with Crippen molar-refractivity contribution in [2.75, 3.05) is 10.6 Å². The largest absolute Gasteiger partial charge is 0.367 e. The normalized spacial score (nSPS) is 17.1. The van der Waals surface area contributed by atoms with Gasteiger partial charge in [0.2, 0.25) is 5.91 Å². The maximum Gasteiger partial charge on any atom is 0.259 e. The summed E-state index contributed by atoms with van der Waals surface area (Å²) >= 11 is 5.78. The van der Waals surface area contributed by atoms with E-state index in [0.29, 0.717) is 22.6 Å². The van der Waals surface area contributed by atoms with Crippen molar-refractivity contribution in [3.8, 4) is 0 Å². The SMILES string of the molecule is O=C1C/C(=C\c2cnn3c(NC4CC4)cc(NC(=O)c4cccc(Cl)c4F)nc23)C(=O)N1. The van der Waals surface area contributed by atoms with Crippen molar-refractivity contribution >= 4 is 52.7 Å². The fraction of sp³-hybridized carbons (Fsp3) is 0.190. The minimum Gasteiger partial charge on any atom is -0.367 e. The van der Waals surface area contributed by atoms with E-state index in [1.54, 1.807) is 16.7 Å². The third kappa shape index (κ3) is 3.80. The van der Waals surface area contributed by atoms with Gasteiger partial charge in [0.05, 0.1) is 23.2 Å². The lowest BCUT2D eigenvalue weighted by molar-refractivity contribution is -0.124. The summed E-state index contributed by atoms with van der Waals surface area (Å²) in [5.74, 6) is -1.63. The fourth-order valence-corrected chi connectivity index (χ4v) is 3.53. The molecule has 9 nitrogen and oxygen atoms in total. The number of fused-ring (bicyclic) bond motifs is 1. The van der Waals surface area contributed by atoms with Crippen molar-refractivity contribution < 1.29 is 18.8 Å². The number of carbonyl (C=O) groups excluding carboxylic acids is 3. The molecule has 0 spiro atoms. The highest BCUT2D eigenvalue weighted by Crippen LogP contribution is 2.28. The highest BCUT2D eigenvalue weighted by Gasteiger charge is 2.26. The van der Waals surface area contributed by atoms with Crippen molar-refractivity contribution in [2.45, 2.75) is 25.3 Å². The summed E-state index contributed by atoms with van der Waals surface area (Å²) in [6, 6.07) is 6.03. The first kappa shape index (κ1) is 20.1. The molecule has 3 heterocycles. The number of rotatable bonds is 5. The molecule has 0 unspecified atom stereocenters. The summed E-state index contributed by atoms with van der Waals surface area (Å²) in [6.45, 7) is 0. The van der Waals surface area contributed by atoms with Crippen LogP contribution in [0.5, 0.6) is 0 Å². The molecule has 0 atom stereocenters. The lowest BCUT2D eigenvalue weighted by atomic mass is 10.1. The molecule has 3 aromatic rings. The zero-order chi connectivity index (χ0) is 22.4. The van der Waals surface area contributed by atoms with Gasteiger partial charge in [-0.3, -0.25) is 19.7 Å². The maximum absolute atomic E-state index is 14.3. The first-order valence-corrected chi connectivity index (χ1v) is 10.2. The summed E-state index contributed by atoms with van der Waals surface area (Å²) < 4.78 is 15.8. The lowest BCUT2D eigenvalue weighted by Gasteiger charge is -2.11. The highest BCUT2D eigenvalue weighted by atomic mass is 35.5. The Labute approximate surface area is 185 Å². The van der Waals surface area contributed by atoms with Crippen molar-refractivity contribution in [1.82, 2.24) is 19.9 Å². The van der Waals surface area contributed by atoms with Gasteiger partial charge in [-0.1, -0.05) is 17.7 Å². The molecule has 11 heteroatoms. The van der Waals surface area contributed by atoms with E-state index in [4.69, 9.17) is 11.6 Å². The molecule has 0 radical (unpaired) electrons. The fourth-order valence-electron chi connectivity index (χ4n) is 3.36. The van der Waals surface area contributed by atoms with Crippen LogP contribution in [0.4, 0.5) is 16.0 Å². The lowest BCUT2D eigenvalue weighted by Crippen LogP contribution is -2.19. The van der Waals surface area contributed by atoms with Crippen molar-refractivity contribution in [2.24, 2.45) is 0 Å². The Morgan fingerprint density at radius 3 is 2.84 bits per heavy atom. The van der Waals surface area contributed by atoms with Gasteiger partial charge >= 0.3 is 0 Å². The Morgan fingerprint density at radius 1 is 1.31 bits per heavy atom. The Bertz CT molecular complexity index is 1330. The molecule has 0 bridgehead atoms. The van der Waals surface area contributed by atoms with Crippen LogP contribution in [0.1, 0.15) is 35.2 Å². The van der Waals surface area contributed by atoms with Gasteiger partial charge in [-0.25, -0.2) is 9.37 Å². The van der Waals surface area contributed by atoms with Crippen LogP contribution in [0.3, 0.4) is 0 Å². The number of aromatic nitrogens is 3. The average Bonchev–Trinajstić information content (AvgIpc) is 3.38. The summed E-state index contributed by atoms with van der Waals surface area (Å²) in [5.41, 5.74) is 0.928. The van der Waals surface area contributed by atoms with E-state index in [2.05, 4.69) is 26.0 Å². The number of halogens is 2. The number of benzene rings is 1. The summed E-state index contributed by atoms with van der Waals surface area (Å²) in [6.07, 6.45) is 5.03. The van der Waals surface area contributed by atoms with Crippen LogP contribution in [0.25, 0.3) is 11.7 Å². The minimum absolute atomic E-state index is 0.0339. The van der Waals surface area contributed by atoms with E-state index in [1.807, 2.05) is 0 Å². The predicted octanol–water partition coefficient (Wildman–Crippen LogP) is 2.78. The van der Waals surface area contributed by atoms with Gasteiger partial charge in [-0.05, 0) is 31.1 Å². The van der Waals surface area contributed by atoms with Gasteiger partial charge in [-0.15, -0.1) is 0 Å². The van der Waals surface area contributed by atoms with Crippen LogP contribution in [0.2, 0.25) is 5.02 Å². The molecule has 2 aromatic heterocycles. The highest BCUT2D eigenvalue weighted by molar-refractivity contribution is 6.31. The smallest absolute Gasteiger partial charge is 0.259 e. The van der Waals surface area contributed by atoms with Gasteiger partial charge in [0.1, 0.15) is 11.6 Å². The Morgan fingerprint density at radius 2 is 2.12 bits per heavy atom. The van der Waals surface area contributed by atoms with Crippen LogP contribution < -0.4 is 16.0 Å². The molecule has 3 N–H and O–H groups in total. The van der Waals surface area contributed by atoms with Gasteiger partial charge < -0.3 is 10.6 Å². The third-order valence-electron chi connectivity index (χ3n) is 5.09. The number of carbonyl (C=O) groups is 3. The van der Waals surface area contributed by atoms with Crippen molar-refractivity contribution in [3.63, 3.8) is 0 Å². The number of nitrogens with zero attached hydrogens (tertiary/aromatic N) is 3. The molecular formula is C21H16ClFN6O3. The van der Waals surface area contributed by atoms with E-state index in [9.17, 15) is 18.8 Å². The second kappa shape index (κ2) is 7.72. The van der Waals surface area contributed by atoms with Crippen molar-refractivity contribution in [1.29, 1.82) is 0 Å². The van der Waals surface area contributed by atoms with Gasteiger partial charge in [0.15, 0.2) is 11.5 Å². The molecule has 162 valence electrons. The van der Waals surface area contributed by atoms with Crippen LogP contribution in [-0.2, 0) is 9.59 Å². The van der Waals surface area contributed by atoms with Gasteiger partial charge in [-0.2, -0.15) is 9.61 Å².